The topological polar surface area (TPSA) is 73.0 Å². The lowest BCUT2D eigenvalue weighted by Gasteiger charge is -2.29. The van der Waals surface area contributed by atoms with Crippen molar-refractivity contribution in [2.45, 2.75) is 25.9 Å². The maximum Gasteiger partial charge on any atom is 0.174 e. The molecule has 138 valence electrons. The fourth-order valence-electron chi connectivity index (χ4n) is 3.04. The highest BCUT2D eigenvalue weighted by atomic mass is 79.9. The summed E-state index contributed by atoms with van der Waals surface area (Å²) in [6.45, 7) is 2.25. The van der Waals surface area contributed by atoms with E-state index in [1.807, 2.05) is 30.3 Å². The van der Waals surface area contributed by atoms with E-state index < -0.39 is 0 Å². The van der Waals surface area contributed by atoms with Crippen LogP contribution in [0, 0.1) is 0 Å². The number of hydrogen-bond donors (Lipinski definition) is 1. The van der Waals surface area contributed by atoms with Crippen LogP contribution in [0.25, 0.3) is 0 Å². The third kappa shape index (κ3) is 4.46. The van der Waals surface area contributed by atoms with Crippen molar-refractivity contribution in [1.82, 2.24) is 4.98 Å². The van der Waals surface area contributed by atoms with Crippen LogP contribution < -0.4 is 15.4 Å². The molecule has 0 spiro atoms. The van der Waals surface area contributed by atoms with Gasteiger partial charge in [-0.05, 0) is 49.6 Å². The summed E-state index contributed by atoms with van der Waals surface area (Å²) in [5.41, 5.74) is 7.88. The standard InChI is InChI=1S/C19H23BrN4O2/c1-25-17-8-7-15(20)12-14(17)13-26-23-18(21)16-6-5-9-22-19(16)24-10-3-2-4-11-24/h5-9,12H,2-4,10-11,13H2,1H3,(H2,21,23). The fraction of sp³-hybridized carbons (Fsp3) is 0.368. The normalized spacial score (nSPS) is 15.0. The summed E-state index contributed by atoms with van der Waals surface area (Å²) in [6, 6.07) is 9.53. The first-order valence-electron chi connectivity index (χ1n) is 8.67. The van der Waals surface area contributed by atoms with E-state index in [4.69, 9.17) is 15.3 Å². The Morgan fingerprint density at radius 1 is 1.27 bits per heavy atom. The van der Waals surface area contributed by atoms with Crippen LogP contribution in [-0.4, -0.2) is 31.0 Å². The average molecular weight is 419 g/mol. The number of methoxy groups -OCH3 is 1. The number of rotatable bonds is 6. The molecular weight excluding hydrogens is 396 g/mol. The summed E-state index contributed by atoms with van der Waals surface area (Å²) in [5.74, 6) is 1.95. The predicted molar refractivity (Wildman–Crippen MR) is 107 cm³/mol. The van der Waals surface area contributed by atoms with Crippen LogP contribution in [0.1, 0.15) is 30.4 Å². The molecule has 26 heavy (non-hydrogen) atoms. The van der Waals surface area contributed by atoms with Gasteiger partial charge in [-0.25, -0.2) is 4.98 Å². The van der Waals surface area contributed by atoms with Gasteiger partial charge in [0.1, 0.15) is 18.2 Å². The molecule has 0 bridgehead atoms. The van der Waals surface area contributed by atoms with E-state index in [0.717, 1.165) is 40.3 Å². The molecule has 1 aromatic carbocycles. The number of nitrogens with zero attached hydrogens (tertiary/aromatic N) is 3. The number of benzene rings is 1. The zero-order valence-corrected chi connectivity index (χ0v) is 16.4. The summed E-state index contributed by atoms with van der Waals surface area (Å²) < 4.78 is 6.30. The second-order valence-corrected chi connectivity index (χ2v) is 7.04. The second-order valence-electron chi connectivity index (χ2n) is 6.13. The van der Waals surface area contributed by atoms with Gasteiger partial charge in [0.25, 0.3) is 0 Å². The lowest BCUT2D eigenvalue weighted by Crippen LogP contribution is -2.32. The van der Waals surface area contributed by atoms with E-state index in [2.05, 4.69) is 31.0 Å². The van der Waals surface area contributed by atoms with Crippen molar-refractivity contribution in [1.29, 1.82) is 0 Å². The van der Waals surface area contributed by atoms with Crippen molar-refractivity contribution in [3.63, 3.8) is 0 Å². The van der Waals surface area contributed by atoms with Crippen LogP contribution >= 0.6 is 15.9 Å². The van der Waals surface area contributed by atoms with Gasteiger partial charge in [0.05, 0.1) is 12.7 Å². The molecule has 2 heterocycles. The highest BCUT2D eigenvalue weighted by molar-refractivity contribution is 9.10. The van der Waals surface area contributed by atoms with Crippen molar-refractivity contribution in [3.05, 3.63) is 52.1 Å². The van der Waals surface area contributed by atoms with E-state index in [-0.39, 0.29) is 6.61 Å². The molecular formula is C19H23BrN4O2. The molecule has 1 aromatic heterocycles. The predicted octanol–water partition coefficient (Wildman–Crippen LogP) is 3.68. The van der Waals surface area contributed by atoms with Crippen LogP contribution in [0.3, 0.4) is 0 Å². The molecule has 0 saturated carbocycles. The Morgan fingerprint density at radius 3 is 2.85 bits per heavy atom. The Balaban J connectivity index is 1.73. The van der Waals surface area contributed by atoms with Crippen LogP contribution in [0.4, 0.5) is 5.82 Å². The lowest BCUT2D eigenvalue weighted by atomic mass is 10.1. The van der Waals surface area contributed by atoms with E-state index in [0.29, 0.717) is 5.84 Å². The van der Waals surface area contributed by atoms with Gasteiger partial charge in [-0.1, -0.05) is 21.1 Å². The molecule has 0 radical (unpaired) electrons. The van der Waals surface area contributed by atoms with Gasteiger partial charge in [0.2, 0.25) is 0 Å². The molecule has 1 saturated heterocycles. The van der Waals surface area contributed by atoms with Gasteiger partial charge in [0, 0.05) is 29.3 Å². The number of halogens is 1. The average Bonchev–Trinajstić information content (AvgIpc) is 2.69. The molecule has 0 aliphatic carbocycles. The number of nitrogens with two attached hydrogens (primary N) is 1. The van der Waals surface area contributed by atoms with Crippen LogP contribution in [0.2, 0.25) is 0 Å². The van der Waals surface area contributed by atoms with Crippen LogP contribution in [-0.2, 0) is 11.4 Å². The first-order valence-corrected chi connectivity index (χ1v) is 9.46. The SMILES string of the molecule is COc1ccc(Br)cc1CO/N=C(/N)c1cccnc1N1CCCCC1. The number of aromatic nitrogens is 1. The smallest absolute Gasteiger partial charge is 0.174 e. The molecule has 6 nitrogen and oxygen atoms in total. The van der Waals surface area contributed by atoms with Gasteiger partial charge in [-0.2, -0.15) is 0 Å². The van der Waals surface area contributed by atoms with E-state index in [9.17, 15) is 0 Å². The molecule has 3 rings (SSSR count). The zero-order chi connectivity index (χ0) is 18.4. The molecule has 0 amide bonds. The minimum absolute atomic E-state index is 0.266. The largest absolute Gasteiger partial charge is 0.496 e. The maximum absolute atomic E-state index is 6.18. The Bertz CT molecular complexity index is 776. The molecule has 2 N–H and O–H groups in total. The van der Waals surface area contributed by atoms with Gasteiger partial charge < -0.3 is 20.2 Å². The lowest BCUT2D eigenvalue weighted by molar-refractivity contribution is 0.128. The maximum atomic E-state index is 6.18. The van der Waals surface area contributed by atoms with Crippen molar-refractivity contribution in [3.8, 4) is 5.75 Å². The number of ether oxygens (including phenoxy) is 1. The molecule has 2 aromatic rings. The minimum Gasteiger partial charge on any atom is -0.496 e. The third-order valence-electron chi connectivity index (χ3n) is 4.34. The summed E-state index contributed by atoms with van der Waals surface area (Å²) in [4.78, 5) is 12.3. The monoisotopic (exact) mass is 418 g/mol. The van der Waals surface area contributed by atoms with Crippen molar-refractivity contribution in [2.24, 2.45) is 10.9 Å². The highest BCUT2D eigenvalue weighted by Gasteiger charge is 2.17. The van der Waals surface area contributed by atoms with Gasteiger partial charge in [0.15, 0.2) is 5.84 Å². The fourth-order valence-corrected chi connectivity index (χ4v) is 3.44. The Hall–Kier alpha value is -2.28. The Labute approximate surface area is 162 Å². The molecule has 1 aliphatic heterocycles. The summed E-state index contributed by atoms with van der Waals surface area (Å²) in [6.07, 6.45) is 5.40. The molecule has 1 fully saturated rings. The number of piperidine rings is 1. The Morgan fingerprint density at radius 2 is 2.08 bits per heavy atom. The van der Waals surface area contributed by atoms with Crippen molar-refractivity contribution < 1.29 is 9.57 Å². The van der Waals surface area contributed by atoms with Crippen molar-refractivity contribution >= 4 is 27.6 Å². The molecule has 0 atom stereocenters. The number of oxime groups is 1. The number of anilines is 1. The van der Waals surface area contributed by atoms with E-state index >= 15 is 0 Å². The number of pyridine rings is 1. The number of hydrogen-bond acceptors (Lipinski definition) is 5. The van der Waals surface area contributed by atoms with Crippen LogP contribution in [0.15, 0.2) is 46.2 Å². The number of amidine groups is 1. The third-order valence-corrected chi connectivity index (χ3v) is 4.84. The summed E-state index contributed by atoms with van der Waals surface area (Å²) in [5, 5.41) is 4.11. The molecule has 7 heteroatoms. The van der Waals surface area contributed by atoms with E-state index in [1.165, 1.54) is 19.3 Å². The first kappa shape index (κ1) is 18.5. The first-order chi connectivity index (χ1) is 12.7. The molecule has 1 aliphatic rings. The minimum atomic E-state index is 0.266. The van der Waals surface area contributed by atoms with Crippen molar-refractivity contribution in [2.75, 3.05) is 25.1 Å². The second kappa shape index (κ2) is 8.89. The summed E-state index contributed by atoms with van der Waals surface area (Å²) >= 11 is 3.45. The zero-order valence-electron chi connectivity index (χ0n) is 14.8. The Kier molecular flexibility index (Phi) is 6.33. The molecule has 0 unspecified atom stereocenters. The van der Waals surface area contributed by atoms with Gasteiger partial charge in [-0.15, -0.1) is 0 Å². The highest BCUT2D eigenvalue weighted by Crippen LogP contribution is 2.24. The van der Waals surface area contributed by atoms with Gasteiger partial charge >= 0.3 is 0 Å². The quantitative estimate of drug-likeness (QED) is 0.439. The van der Waals surface area contributed by atoms with Gasteiger partial charge in [-0.3, -0.25) is 0 Å². The van der Waals surface area contributed by atoms with Crippen LogP contribution in [0.5, 0.6) is 5.75 Å². The summed E-state index contributed by atoms with van der Waals surface area (Å²) in [7, 11) is 1.63. The van der Waals surface area contributed by atoms with E-state index in [1.54, 1.807) is 13.3 Å².